The van der Waals surface area contributed by atoms with Gasteiger partial charge in [-0.25, -0.2) is 0 Å². The Labute approximate surface area is 486 Å². The molecule has 0 aliphatic carbocycles. The number of ether oxygens (including phenoxy) is 2. The van der Waals surface area contributed by atoms with Crippen LogP contribution in [0.4, 0.5) is 0 Å². The maximum atomic E-state index is 6.11. The lowest BCUT2D eigenvalue weighted by Gasteiger charge is -2.40. The van der Waals surface area contributed by atoms with Crippen LogP contribution in [0, 0.1) is 11.8 Å². The number of nitrogens with zero attached hydrogens (tertiary/aromatic N) is 11. The van der Waals surface area contributed by atoms with Crippen molar-refractivity contribution in [3.8, 4) is 0 Å². The molecule has 0 aromatic carbocycles. The smallest absolute Gasteiger partial charge is 0.0600 e. The molecule has 7 fully saturated rings. The topological polar surface area (TPSA) is 54.1 Å². The fourth-order valence-electron chi connectivity index (χ4n) is 13.0. The lowest BCUT2D eigenvalue weighted by Crippen LogP contribution is -2.50. The Morgan fingerprint density at radius 3 is 0.987 bits per heavy atom. The number of unbranched alkanes of at least 4 members (excludes halogenated alkanes) is 2. The second kappa shape index (κ2) is 39.2. The third kappa shape index (κ3) is 28.4. The summed E-state index contributed by atoms with van der Waals surface area (Å²) in [4.78, 5) is 28.8. The quantitative estimate of drug-likeness (QED) is 0.0917. The normalized spacial score (nSPS) is 23.5. The fraction of sp³-hybridized carbons (Fsp3) is 1.00. The summed E-state index contributed by atoms with van der Waals surface area (Å²) in [7, 11) is 0. The number of likely N-dealkylation sites (tertiary alicyclic amines) is 3. The van der Waals surface area contributed by atoms with Gasteiger partial charge in [0.1, 0.15) is 0 Å². The van der Waals surface area contributed by atoms with Crippen molar-refractivity contribution in [2.24, 2.45) is 11.8 Å². The van der Waals surface area contributed by atoms with Crippen LogP contribution in [0.3, 0.4) is 0 Å². The van der Waals surface area contributed by atoms with Gasteiger partial charge in [0.2, 0.25) is 0 Å². The maximum absolute atomic E-state index is 6.11. The van der Waals surface area contributed by atoms with Gasteiger partial charge in [0, 0.05) is 180 Å². The van der Waals surface area contributed by atoms with Gasteiger partial charge in [0.25, 0.3) is 0 Å². The van der Waals surface area contributed by atoms with E-state index in [1.54, 1.807) is 0 Å². The van der Waals surface area contributed by atoms with E-state index in [4.69, 9.17) is 9.47 Å². The second-order valence-corrected chi connectivity index (χ2v) is 27.5. The summed E-state index contributed by atoms with van der Waals surface area (Å²) in [5.74, 6) is 1.92. The molecule has 7 heterocycles. The highest BCUT2D eigenvalue weighted by Crippen LogP contribution is 2.24. The summed E-state index contributed by atoms with van der Waals surface area (Å²) < 4.78 is 11.7. The van der Waals surface area contributed by atoms with E-state index < -0.39 is 0 Å². The van der Waals surface area contributed by atoms with E-state index in [0.29, 0.717) is 30.3 Å². The lowest BCUT2D eigenvalue weighted by atomic mass is 9.92. The van der Waals surface area contributed by atoms with E-state index >= 15 is 0 Å². The number of piperazine rings is 4. The van der Waals surface area contributed by atoms with Gasteiger partial charge in [-0.15, -0.1) is 0 Å². The Hall–Kier alpha value is -0.520. The molecule has 0 saturated carbocycles. The van der Waals surface area contributed by atoms with Gasteiger partial charge in [0.05, 0.1) is 18.8 Å². The molecule has 0 unspecified atom stereocenters. The Morgan fingerprint density at radius 2 is 0.615 bits per heavy atom. The number of hydrogen-bond donors (Lipinski definition) is 0. The zero-order valence-electron chi connectivity index (χ0n) is 55.0. The number of piperidine rings is 3. The first-order valence-electron chi connectivity index (χ1n) is 33.6. The molecule has 0 radical (unpaired) electrons. The first-order chi connectivity index (χ1) is 37.3. The predicted molar refractivity (Wildman–Crippen MR) is 337 cm³/mol. The standard InChI is InChI=1S/C17H35N3O.C17H35N3.C16H33N3.C15H32N2O/c1-15(2)19-7-5-17(6-8-19)21-14-13-18-9-11-20(12-10-18)16(3)4;1-15(2)19-9-6-17(7-10-19)5-8-18-11-13-20(14-12-18)16(3)4;1-14(2)18-7-5-16(6-8-18)13-17-9-11-19(12-10-17)15(3)4;1-14(2)17-11-9-16(10-12-17)8-6-5-7-13-18-15(3)4/h15-17H,5-14H2,1-4H3;15-17H,5-14H2,1-4H3;14-16H,5-13H2,1-4H3;14-15H,5-13H2,1-4H3. The summed E-state index contributed by atoms with van der Waals surface area (Å²) in [5.41, 5.74) is 0. The molecule has 7 rings (SSSR count). The summed E-state index contributed by atoms with van der Waals surface area (Å²) in [5, 5.41) is 0. The van der Waals surface area contributed by atoms with Crippen LogP contribution in [0.2, 0.25) is 0 Å². The Bertz CT molecular complexity index is 1330. The SMILES string of the molecule is CC(C)N1CCC(CCN2CCN(C(C)C)CC2)CC1.CC(C)N1CCC(CN2CCN(C(C)C)CC2)CC1.CC(C)N1CCC(OCCN2CCN(C(C)C)CC2)CC1.CC(C)OCCCCCN1CCN(C(C)C)CC1. The van der Waals surface area contributed by atoms with Crippen molar-refractivity contribution in [2.45, 2.75) is 229 Å². The highest BCUT2D eigenvalue weighted by Gasteiger charge is 2.28. The lowest BCUT2D eigenvalue weighted by molar-refractivity contribution is -0.0121. The molecule has 7 aliphatic rings. The molecular weight excluding hydrogens is 967 g/mol. The molecule has 0 aromatic heterocycles. The van der Waals surface area contributed by atoms with Gasteiger partial charge in [-0.05, 0) is 226 Å². The molecule has 0 N–H and O–H groups in total. The number of rotatable bonds is 23. The third-order valence-corrected chi connectivity index (χ3v) is 19.2. The highest BCUT2D eigenvalue weighted by atomic mass is 16.5. The Balaban J connectivity index is 0.000000225. The molecule has 0 amide bonds. The van der Waals surface area contributed by atoms with Gasteiger partial charge in [-0.3, -0.25) is 24.5 Å². The molecule has 0 spiro atoms. The summed E-state index contributed by atoms with van der Waals surface area (Å²) in [6.07, 6.45) is 14.2. The van der Waals surface area contributed by atoms with Crippen molar-refractivity contribution in [3.63, 3.8) is 0 Å². The Kier molecular flexibility index (Phi) is 35.1. The molecular formula is C65H135N11O2. The van der Waals surface area contributed by atoms with Crippen molar-refractivity contribution >= 4 is 0 Å². The van der Waals surface area contributed by atoms with Crippen molar-refractivity contribution in [2.75, 3.05) is 183 Å². The van der Waals surface area contributed by atoms with E-state index in [1.807, 2.05) is 0 Å². The molecule has 13 nitrogen and oxygen atoms in total. The van der Waals surface area contributed by atoms with Gasteiger partial charge in [-0.2, -0.15) is 0 Å². The van der Waals surface area contributed by atoms with Crippen LogP contribution in [0.25, 0.3) is 0 Å². The van der Waals surface area contributed by atoms with Crippen molar-refractivity contribution in [3.05, 3.63) is 0 Å². The minimum absolute atomic E-state index is 0.383. The molecule has 7 saturated heterocycles. The zero-order valence-corrected chi connectivity index (χ0v) is 55.0. The van der Waals surface area contributed by atoms with E-state index in [2.05, 4.69) is 165 Å². The maximum Gasteiger partial charge on any atom is 0.0600 e. The summed E-state index contributed by atoms with van der Waals surface area (Å²) in [6, 6.07) is 4.99. The fourth-order valence-corrected chi connectivity index (χ4v) is 13.0. The predicted octanol–water partition coefficient (Wildman–Crippen LogP) is 9.17. The van der Waals surface area contributed by atoms with Gasteiger partial charge < -0.3 is 38.9 Å². The average Bonchev–Trinajstić information content (AvgIpc) is 3.42. The molecule has 0 bridgehead atoms. The zero-order chi connectivity index (χ0) is 57.0. The number of hydrogen-bond acceptors (Lipinski definition) is 13. The van der Waals surface area contributed by atoms with Crippen LogP contribution >= 0.6 is 0 Å². The van der Waals surface area contributed by atoms with E-state index in [9.17, 15) is 0 Å². The monoisotopic (exact) mass is 1100 g/mol. The van der Waals surface area contributed by atoms with Crippen LogP contribution in [0.1, 0.15) is 175 Å². The summed E-state index contributed by atoms with van der Waals surface area (Å²) >= 11 is 0. The highest BCUT2D eigenvalue weighted by molar-refractivity contribution is 4.83. The van der Waals surface area contributed by atoms with Crippen molar-refractivity contribution < 1.29 is 9.47 Å². The van der Waals surface area contributed by atoms with E-state index in [0.717, 1.165) is 55.8 Å². The first-order valence-corrected chi connectivity index (χ1v) is 33.6. The van der Waals surface area contributed by atoms with Gasteiger partial charge >= 0.3 is 0 Å². The minimum Gasteiger partial charge on any atom is -0.379 e. The van der Waals surface area contributed by atoms with Crippen LogP contribution in [0.5, 0.6) is 0 Å². The van der Waals surface area contributed by atoms with Crippen LogP contribution < -0.4 is 0 Å². The molecule has 0 atom stereocenters. The van der Waals surface area contributed by atoms with Crippen LogP contribution in [-0.4, -0.2) is 292 Å². The largest absolute Gasteiger partial charge is 0.379 e. The summed E-state index contributed by atoms with van der Waals surface area (Å²) in [6.45, 7) is 71.1. The Morgan fingerprint density at radius 1 is 0.295 bits per heavy atom. The molecule has 462 valence electrons. The van der Waals surface area contributed by atoms with Crippen molar-refractivity contribution in [1.82, 2.24) is 53.9 Å². The average molecular weight is 1100 g/mol. The molecule has 0 aromatic rings. The van der Waals surface area contributed by atoms with Crippen LogP contribution in [-0.2, 0) is 9.47 Å². The van der Waals surface area contributed by atoms with E-state index in [-0.39, 0.29) is 0 Å². The molecule has 13 heteroatoms. The van der Waals surface area contributed by atoms with Crippen molar-refractivity contribution in [1.29, 1.82) is 0 Å². The second-order valence-electron chi connectivity index (χ2n) is 27.5. The van der Waals surface area contributed by atoms with Gasteiger partial charge in [-0.1, -0.05) is 0 Å². The third-order valence-electron chi connectivity index (χ3n) is 19.2. The minimum atomic E-state index is 0.383. The van der Waals surface area contributed by atoms with E-state index in [1.165, 1.54) is 228 Å². The first kappa shape index (κ1) is 70.0. The molecule has 78 heavy (non-hydrogen) atoms. The molecule has 7 aliphatic heterocycles. The van der Waals surface area contributed by atoms with Crippen LogP contribution in [0.15, 0.2) is 0 Å². The van der Waals surface area contributed by atoms with Gasteiger partial charge in [0.15, 0.2) is 0 Å².